The highest BCUT2D eigenvalue weighted by Crippen LogP contribution is 2.36. The van der Waals surface area contributed by atoms with Gasteiger partial charge in [0.25, 0.3) is 0 Å². The van der Waals surface area contributed by atoms with Crippen molar-refractivity contribution in [3.63, 3.8) is 0 Å². The summed E-state index contributed by atoms with van der Waals surface area (Å²) in [5.41, 5.74) is 5.20. The van der Waals surface area contributed by atoms with E-state index in [1.54, 1.807) is 18.6 Å². The fourth-order valence-corrected chi connectivity index (χ4v) is 4.58. The summed E-state index contributed by atoms with van der Waals surface area (Å²) in [6, 6.07) is 16.1. The van der Waals surface area contributed by atoms with Crippen molar-refractivity contribution >= 4 is 22.4 Å². The van der Waals surface area contributed by atoms with E-state index in [1.165, 1.54) is 0 Å². The van der Waals surface area contributed by atoms with Crippen molar-refractivity contribution < 1.29 is 9.47 Å². The molecule has 0 atom stereocenters. The number of ether oxygens (including phenoxy) is 2. The molecule has 8 nitrogen and oxygen atoms in total. The number of hydrogen-bond donors (Lipinski definition) is 0. The molecule has 8 heteroatoms. The number of anilines is 2. The van der Waals surface area contributed by atoms with Crippen molar-refractivity contribution in [2.45, 2.75) is 72.6 Å². The van der Waals surface area contributed by atoms with Crippen molar-refractivity contribution in [1.29, 1.82) is 0 Å². The van der Waals surface area contributed by atoms with Crippen molar-refractivity contribution in [1.82, 2.24) is 24.7 Å². The molecule has 5 aromatic rings. The van der Waals surface area contributed by atoms with Crippen LogP contribution in [0.4, 0.5) is 11.4 Å². The standard InChI is InChI=1S/C36H40N6O2/c1-25(2)42-24-27(22-39-42)34-23-38-32-12-11-28(20-33(32)40-34)41(17-9-10-26-13-15-37-16-14-26)29-18-30(43-35(3,4)5)21-31(19-29)44-36(6,7)8/h11-16,18-25H,17H2,1-8H3. The molecule has 44 heavy (non-hydrogen) atoms. The minimum absolute atomic E-state index is 0.260. The summed E-state index contributed by atoms with van der Waals surface area (Å²) in [5, 5.41) is 4.48. The van der Waals surface area contributed by atoms with Gasteiger partial charge in [-0.15, -0.1) is 0 Å². The summed E-state index contributed by atoms with van der Waals surface area (Å²) in [6.07, 6.45) is 9.12. The van der Waals surface area contributed by atoms with Gasteiger partial charge in [-0.1, -0.05) is 11.8 Å². The van der Waals surface area contributed by atoms with Crippen LogP contribution in [0.3, 0.4) is 0 Å². The lowest BCUT2D eigenvalue weighted by atomic mass is 10.1. The first-order valence-corrected chi connectivity index (χ1v) is 14.8. The van der Waals surface area contributed by atoms with Crippen LogP contribution in [0.5, 0.6) is 11.5 Å². The van der Waals surface area contributed by atoms with Gasteiger partial charge in [-0.2, -0.15) is 5.10 Å². The van der Waals surface area contributed by atoms with E-state index < -0.39 is 0 Å². The highest BCUT2D eigenvalue weighted by molar-refractivity contribution is 5.83. The van der Waals surface area contributed by atoms with E-state index in [1.807, 2.05) is 107 Å². The Hall–Kier alpha value is -4.90. The predicted octanol–water partition coefficient (Wildman–Crippen LogP) is 8.01. The van der Waals surface area contributed by atoms with Crippen LogP contribution in [0, 0.1) is 11.8 Å². The third kappa shape index (κ3) is 7.93. The first-order chi connectivity index (χ1) is 20.8. The summed E-state index contributed by atoms with van der Waals surface area (Å²) in [4.78, 5) is 15.9. The van der Waals surface area contributed by atoms with Crippen LogP contribution in [0.1, 0.15) is 67.0 Å². The van der Waals surface area contributed by atoms with Crippen LogP contribution in [-0.2, 0) is 0 Å². The van der Waals surface area contributed by atoms with E-state index in [0.717, 1.165) is 39.2 Å². The van der Waals surface area contributed by atoms with E-state index in [4.69, 9.17) is 19.4 Å². The Morgan fingerprint density at radius 3 is 2.11 bits per heavy atom. The molecule has 0 saturated carbocycles. The smallest absolute Gasteiger partial charge is 0.125 e. The number of pyridine rings is 1. The van der Waals surface area contributed by atoms with Crippen LogP contribution >= 0.6 is 0 Å². The van der Waals surface area contributed by atoms with Crippen LogP contribution in [-0.4, -0.2) is 42.5 Å². The fraction of sp³-hybridized carbons (Fsp3) is 0.333. The zero-order chi connectivity index (χ0) is 31.5. The van der Waals surface area contributed by atoms with Crippen molar-refractivity contribution in [2.75, 3.05) is 11.4 Å². The molecule has 0 N–H and O–H groups in total. The van der Waals surface area contributed by atoms with Gasteiger partial charge < -0.3 is 14.4 Å². The number of benzene rings is 2. The lowest BCUT2D eigenvalue weighted by Gasteiger charge is -2.28. The minimum Gasteiger partial charge on any atom is -0.488 e. The van der Waals surface area contributed by atoms with Crippen molar-refractivity contribution in [3.8, 4) is 34.6 Å². The summed E-state index contributed by atoms with van der Waals surface area (Å²) in [5.74, 6) is 8.05. The summed E-state index contributed by atoms with van der Waals surface area (Å²) in [7, 11) is 0. The van der Waals surface area contributed by atoms with E-state index in [9.17, 15) is 0 Å². The second-order valence-electron chi connectivity index (χ2n) is 12.9. The largest absolute Gasteiger partial charge is 0.488 e. The highest BCUT2D eigenvalue weighted by atomic mass is 16.5. The second kappa shape index (κ2) is 12.4. The van der Waals surface area contributed by atoms with E-state index in [-0.39, 0.29) is 17.2 Å². The number of aromatic nitrogens is 5. The van der Waals surface area contributed by atoms with Gasteiger partial charge in [-0.25, -0.2) is 4.98 Å². The Morgan fingerprint density at radius 1 is 0.818 bits per heavy atom. The molecule has 3 heterocycles. The first kappa shape index (κ1) is 30.6. The number of nitrogens with zero attached hydrogens (tertiary/aromatic N) is 6. The van der Waals surface area contributed by atoms with Gasteiger partial charge in [0.05, 0.1) is 35.7 Å². The summed E-state index contributed by atoms with van der Waals surface area (Å²) in [6.45, 7) is 16.8. The van der Waals surface area contributed by atoms with Crippen molar-refractivity contribution in [3.05, 3.63) is 85.1 Å². The molecule has 0 radical (unpaired) electrons. The Kier molecular flexibility index (Phi) is 8.59. The van der Waals surface area contributed by atoms with Crippen LogP contribution in [0.25, 0.3) is 22.3 Å². The minimum atomic E-state index is -0.387. The number of hydrogen-bond acceptors (Lipinski definition) is 7. The molecule has 0 fully saturated rings. The Bertz CT molecular complexity index is 1770. The molecule has 0 aliphatic carbocycles. The quantitative estimate of drug-likeness (QED) is 0.178. The van der Waals surface area contributed by atoms with Gasteiger partial charge >= 0.3 is 0 Å². The molecule has 0 spiro atoms. The van der Waals surface area contributed by atoms with E-state index in [2.05, 4.69) is 40.7 Å². The second-order valence-corrected chi connectivity index (χ2v) is 12.9. The molecule has 0 aliphatic heterocycles. The molecule has 0 aliphatic rings. The summed E-state index contributed by atoms with van der Waals surface area (Å²) < 4.78 is 14.6. The molecule has 0 saturated heterocycles. The maximum atomic E-state index is 6.33. The first-order valence-electron chi connectivity index (χ1n) is 14.8. The third-order valence-electron chi connectivity index (χ3n) is 6.44. The Balaban J connectivity index is 1.60. The normalized spacial score (nSPS) is 11.8. The fourth-order valence-electron chi connectivity index (χ4n) is 4.58. The molecular weight excluding hydrogens is 548 g/mol. The predicted molar refractivity (Wildman–Crippen MR) is 176 cm³/mol. The van der Waals surface area contributed by atoms with Gasteiger partial charge in [0.15, 0.2) is 0 Å². The van der Waals surface area contributed by atoms with E-state index >= 15 is 0 Å². The van der Waals surface area contributed by atoms with Crippen LogP contribution < -0.4 is 14.4 Å². The Labute approximate surface area is 260 Å². The van der Waals surface area contributed by atoms with Crippen molar-refractivity contribution in [2.24, 2.45) is 0 Å². The maximum absolute atomic E-state index is 6.33. The van der Waals surface area contributed by atoms with Gasteiger partial charge in [-0.3, -0.25) is 14.6 Å². The molecule has 5 rings (SSSR count). The lowest BCUT2D eigenvalue weighted by Crippen LogP contribution is -2.25. The molecule has 3 aromatic heterocycles. The third-order valence-corrected chi connectivity index (χ3v) is 6.44. The molecule has 2 aromatic carbocycles. The van der Waals surface area contributed by atoms with Gasteiger partial charge in [-0.05, 0) is 85.7 Å². The zero-order valence-electron chi connectivity index (χ0n) is 26.8. The summed E-state index contributed by atoms with van der Waals surface area (Å²) >= 11 is 0. The SMILES string of the molecule is CC(C)n1cc(-c2cnc3ccc(N(CC#Cc4ccncc4)c4cc(OC(C)(C)C)cc(OC(C)(C)C)c4)cc3n2)cn1. The topological polar surface area (TPSA) is 78.2 Å². The Morgan fingerprint density at radius 2 is 1.50 bits per heavy atom. The molecule has 0 amide bonds. The van der Waals surface area contributed by atoms with Crippen LogP contribution in [0.15, 0.2) is 79.5 Å². The zero-order valence-corrected chi connectivity index (χ0v) is 26.8. The van der Waals surface area contributed by atoms with E-state index in [0.29, 0.717) is 18.0 Å². The molecule has 226 valence electrons. The van der Waals surface area contributed by atoms with Gasteiger partial charge in [0.2, 0.25) is 0 Å². The molecule has 0 unspecified atom stereocenters. The number of fused-ring (bicyclic) bond motifs is 1. The molecule has 0 bridgehead atoms. The monoisotopic (exact) mass is 588 g/mol. The highest BCUT2D eigenvalue weighted by Gasteiger charge is 2.20. The number of rotatable bonds is 7. The lowest BCUT2D eigenvalue weighted by molar-refractivity contribution is 0.121. The van der Waals surface area contributed by atoms with Crippen LogP contribution in [0.2, 0.25) is 0 Å². The average molecular weight is 589 g/mol. The van der Waals surface area contributed by atoms with Gasteiger partial charge in [0.1, 0.15) is 22.7 Å². The maximum Gasteiger partial charge on any atom is 0.125 e. The average Bonchev–Trinajstić information content (AvgIpc) is 3.44. The molecular formula is C36H40N6O2. The van der Waals surface area contributed by atoms with Gasteiger partial charge in [0, 0.05) is 65.3 Å².